The molecule has 2 aromatic carbocycles. The number of rotatable bonds is 6. The number of aryl methyl sites for hydroxylation is 1. The number of nitrogens with zero attached hydrogens (tertiary/aromatic N) is 3. The number of aromatic nitrogens is 2. The molecule has 1 aliphatic rings. The van der Waals surface area contributed by atoms with Crippen molar-refractivity contribution >= 4 is 56.5 Å². The highest BCUT2D eigenvalue weighted by molar-refractivity contribution is 7.89. The molecule has 1 amide bonds. The second kappa shape index (κ2) is 9.38. The molecule has 4 rings (SSSR count). The monoisotopic (exact) mass is 525 g/mol. The number of halogens is 3. The van der Waals surface area contributed by atoms with Gasteiger partial charge in [-0.1, -0.05) is 46.9 Å². The summed E-state index contributed by atoms with van der Waals surface area (Å²) in [5.74, 6) is 0. The van der Waals surface area contributed by atoms with Crippen LogP contribution in [0, 0.1) is 0 Å². The average Bonchev–Trinajstić information content (AvgIpc) is 3.33. The van der Waals surface area contributed by atoms with Gasteiger partial charge in [0.15, 0.2) is 0 Å². The highest BCUT2D eigenvalue weighted by atomic mass is 35.5. The maximum absolute atomic E-state index is 12.9. The smallest absolute Gasteiger partial charge is 0.421 e. The molecule has 0 bridgehead atoms. The van der Waals surface area contributed by atoms with E-state index in [4.69, 9.17) is 34.8 Å². The van der Waals surface area contributed by atoms with Crippen LogP contribution in [0.15, 0.2) is 59.6 Å². The third-order valence-electron chi connectivity index (χ3n) is 5.34. The van der Waals surface area contributed by atoms with Gasteiger partial charge in [0.2, 0.25) is 0 Å². The first-order valence-corrected chi connectivity index (χ1v) is 12.4. The first kappa shape index (κ1) is 23.6. The summed E-state index contributed by atoms with van der Waals surface area (Å²) < 4.78 is 28.0. The van der Waals surface area contributed by atoms with E-state index in [0.717, 1.165) is 28.8 Å². The van der Waals surface area contributed by atoms with Gasteiger partial charge in [-0.3, -0.25) is 4.68 Å². The molecule has 0 radical (unpaired) electrons. The van der Waals surface area contributed by atoms with Crippen molar-refractivity contribution in [2.24, 2.45) is 0 Å². The molecule has 0 fully saturated rings. The topological polar surface area (TPSA) is 92.5 Å². The molecule has 1 aliphatic carbocycles. The van der Waals surface area contributed by atoms with Crippen LogP contribution >= 0.6 is 34.8 Å². The van der Waals surface area contributed by atoms with Crippen LogP contribution in [0.1, 0.15) is 23.2 Å². The van der Waals surface area contributed by atoms with Gasteiger partial charge in [-0.25, -0.2) is 13.2 Å². The van der Waals surface area contributed by atoms with E-state index in [2.05, 4.69) is 5.10 Å². The van der Waals surface area contributed by atoms with Crippen LogP contribution in [-0.2, 0) is 23.0 Å². The lowest BCUT2D eigenvalue weighted by atomic mass is 10.2. The molecule has 172 valence electrons. The quantitative estimate of drug-likeness (QED) is 0.452. The maximum Gasteiger partial charge on any atom is 0.421 e. The summed E-state index contributed by atoms with van der Waals surface area (Å²) in [6.07, 6.45) is 3.19. The van der Waals surface area contributed by atoms with Crippen molar-refractivity contribution in [2.75, 3.05) is 6.54 Å². The first-order chi connectivity index (χ1) is 15.7. The fraction of sp³-hybridized carbons (Fsp3) is 0.182. The van der Waals surface area contributed by atoms with E-state index in [1.165, 1.54) is 24.3 Å². The molecule has 0 atom stereocenters. The van der Waals surface area contributed by atoms with E-state index >= 15 is 0 Å². The number of carbonyl (C=O) groups is 1. The molecule has 11 heteroatoms. The summed E-state index contributed by atoms with van der Waals surface area (Å²) in [5.41, 5.74) is 3.50. The standard InChI is InChI=1S/C22H18Cl3N3O4S/c23-17-5-7-19(8-6-17)33(31,32)28(22(29)30)10-9-14-1-2-15-12-26-27(21(14)15)13-16-3-4-18(24)11-20(16)25/h3-9,11-12H,1-2,10,13H2,(H,29,30)/b14-9+. The van der Waals surface area contributed by atoms with Crippen molar-refractivity contribution < 1.29 is 18.3 Å². The average molecular weight is 527 g/mol. The number of carboxylic acid groups (broad SMARTS) is 1. The summed E-state index contributed by atoms with van der Waals surface area (Å²) in [6, 6.07) is 10.6. The molecule has 0 unspecified atom stereocenters. The van der Waals surface area contributed by atoms with Crippen LogP contribution in [0.4, 0.5) is 4.79 Å². The lowest BCUT2D eigenvalue weighted by Gasteiger charge is -2.18. The molecule has 0 aliphatic heterocycles. The van der Waals surface area contributed by atoms with Crippen LogP contribution in [0.2, 0.25) is 15.1 Å². The highest BCUT2D eigenvalue weighted by Gasteiger charge is 2.29. The summed E-state index contributed by atoms with van der Waals surface area (Å²) in [4.78, 5) is 11.7. The lowest BCUT2D eigenvalue weighted by Crippen LogP contribution is -2.36. The predicted octanol–water partition coefficient (Wildman–Crippen LogP) is 5.59. The van der Waals surface area contributed by atoms with Crippen LogP contribution in [0.5, 0.6) is 0 Å². The van der Waals surface area contributed by atoms with E-state index in [1.54, 1.807) is 29.1 Å². The van der Waals surface area contributed by atoms with Crippen molar-refractivity contribution in [2.45, 2.75) is 24.3 Å². The second-order valence-electron chi connectivity index (χ2n) is 7.41. The third kappa shape index (κ3) is 4.89. The molecular formula is C22H18Cl3N3O4S. The summed E-state index contributed by atoms with van der Waals surface area (Å²) in [7, 11) is -4.26. The zero-order chi connectivity index (χ0) is 23.8. The van der Waals surface area contributed by atoms with Gasteiger partial charge in [0.05, 0.1) is 29.9 Å². The molecule has 1 aromatic heterocycles. The molecule has 0 saturated carbocycles. The number of benzene rings is 2. The van der Waals surface area contributed by atoms with Gasteiger partial charge in [0.1, 0.15) is 0 Å². The Morgan fingerprint density at radius 2 is 1.79 bits per heavy atom. The zero-order valence-corrected chi connectivity index (χ0v) is 20.2. The molecule has 7 nitrogen and oxygen atoms in total. The minimum atomic E-state index is -4.26. The van der Waals surface area contributed by atoms with Crippen LogP contribution < -0.4 is 0 Å². The van der Waals surface area contributed by atoms with Gasteiger partial charge in [-0.15, -0.1) is 0 Å². The Morgan fingerprint density at radius 1 is 1.09 bits per heavy atom. The SMILES string of the molecule is O=C(O)N(C/C=C1\CCc2cnn(Cc3ccc(Cl)cc3Cl)c21)S(=O)(=O)c1ccc(Cl)cc1. The van der Waals surface area contributed by atoms with Crippen LogP contribution in [0.25, 0.3) is 5.57 Å². The second-order valence-corrected chi connectivity index (χ2v) is 10.6. The van der Waals surface area contributed by atoms with Crippen LogP contribution in [0.3, 0.4) is 0 Å². The van der Waals surface area contributed by atoms with E-state index in [1.807, 2.05) is 6.07 Å². The van der Waals surface area contributed by atoms with Crippen LogP contribution in [-0.4, -0.2) is 40.2 Å². The Hall–Kier alpha value is -2.52. The molecular weight excluding hydrogens is 509 g/mol. The number of amides is 1. The Balaban J connectivity index is 1.61. The minimum Gasteiger partial charge on any atom is -0.464 e. The molecule has 0 spiro atoms. The van der Waals surface area contributed by atoms with Gasteiger partial charge in [-0.2, -0.15) is 9.40 Å². The summed E-state index contributed by atoms with van der Waals surface area (Å²) >= 11 is 18.1. The molecule has 3 aromatic rings. The van der Waals surface area contributed by atoms with Gasteiger partial charge >= 0.3 is 6.09 Å². The highest BCUT2D eigenvalue weighted by Crippen LogP contribution is 2.33. The fourth-order valence-electron chi connectivity index (χ4n) is 3.70. The van der Waals surface area contributed by atoms with Crippen molar-refractivity contribution in [1.29, 1.82) is 0 Å². The van der Waals surface area contributed by atoms with E-state index in [9.17, 15) is 18.3 Å². The lowest BCUT2D eigenvalue weighted by molar-refractivity contribution is 0.175. The van der Waals surface area contributed by atoms with Crippen molar-refractivity contribution in [3.63, 3.8) is 0 Å². The van der Waals surface area contributed by atoms with Gasteiger partial charge < -0.3 is 5.11 Å². The molecule has 33 heavy (non-hydrogen) atoms. The molecule has 1 heterocycles. The van der Waals surface area contributed by atoms with E-state index < -0.39 is 16.1 Å². The number of allylic oxidation sites excluding steroid dienone is 1. The largest absolute Gasteiger partial charge is 0.464 e. The van der Waals surface area contributed by atoms with Gasteiger partial charge in [-0.05, 0) is 65.9 Å². The van der Waals surface area contributed by atoms with Crippen molar-refractivity contribution in [3.8, 4) is 0 Å². The Morgan fingerprint density at radius 3 is 2.45 bits per heavy atom. The zero-order valence-electron chi connectivity index (χ0n) is 17.1. The molecule has 0 saturated heterocycles. The summed E-state index contributed by atoms with van der Waals surface area (Å²) in [5, 5.41) is 15.4. The Bertz CT molecular complexity index is 1350. The summed E-state index contributed by atoms with van der Waals surface area (Å²) in [6.45, 7) is 0.0658. The van der Waals surface area contributed by atoms with Gasteiger partial charge in [0.25, 0.3) is 10.0 Å². The minimum absolute atomic E-state index is 0.151. The van der Waals surface area contributed by atoms with Crippen molar-refractivity contribution in [3.05, 3.63) is 86.6 Å². The van der Waals surface area contributed by atoms with Crippen molar-refractivity contribution in [1.82, 2.24) is 14.1 Å². The van der Waals surface area contributed by atoms with E-state index in [-0.39, 0.29) is 11.4 Å². The van der Waals surface area contributed by atoms with E-state index in [0.29, 0.717) is 32.3 Å². The molecule has 1 N–H and O–H groups in total. The number of hydrogen-bond acceptors (Lipinski definition) is 4. The number of fused-ring (bicyclic) bond motifs is 1. The number of hydrogen-bond donors (Lipinski definition) is 1. The van der Waals surface area contributed by atoms with Gasteiger partial charge in [0, 0.05) is 15.1 Å². The Labute approximate surface area is 205 Å². The third-order valence-corrected chi connectivity index (χ3v) is 7.93. The first-order valence-electron chi connectivity index (χ1n) is 9.86. The number of sulfonamides is 1. The normalized spacial score (nSPS) is 14.5. The predicted molar refractivity (Wildman–Crippen MR) is 127 cm³/mol. The Kier molecular flexibility index (Phi) is 6.72. The maximum atomic E-state index is 12.9. The fourth-order valence-corrected chi connectivity index (χ4v) is 5.51.